The molecule has 0 aromatic heterocycles. The summed E-state index contributed by atoms with van der Waals surface area (Å²) in [4.78, 5) is 38.4. The van der Waals surface area contributed by atoms with Crippen LogP contribution in [0.2, 0.25) is 0 Å². The summed E-state index contributed by atoms with van der Waals surface area (Å²) in [5, 5.41) is 2.21. The molecule has 0 saturated carbocycles. The van der Waals surface area contributed by atoms with E-state index in [4.69, 9.17) is 4.74 Å². The second-order valence-corrected chi connectivity index (χ2v) is 6.55. The number of para-hydroxylation sites is 1. The lowest BCUT2D eigenvalue weighted by molar-refractivity contribution is -0.122. The number of nitrogens with one attached hydrogen (secondary N) is 1. The molecule has 4 amide bonds. The van der Waals surface area contributed by atoms with E-state index < -0.39 is 17.8 Å². The number of imide groups is 2. The third-order valence-electron chi connectivity index (χ3n) is 3.95. The number of anilines is 1. The minimum absolute atomic E-state index is 0.149. The van der Waals surface area contributed by atoms with Crippen molar-refractivity contribution in [2.24, 2.45) is 0 Å². The minimum Gasteiger partial charge on any atom is -0.496 e. The Hall–Kier alpha value is -2.93. The number of hydrogen-bond acceptors (Lipinski definition) is 4. The number of amides is 4. The molecule has 0 unspecified atom stereocenters. The lowest BCUT2D eigenvalue weighted by atomic mass is 10.1. The van der Waals surface area contributed by atoms with E-state index in [1.807, 2.05) is 0 Å². The van der Waals surface area contributed by atoms with E-state index in [0.29, 0.717) is 17.0 Å². The van der Waals surface area contributed by atoms with Gasteiger partial charge in [-0.2, -0.15) is 0 Å². The Kier molecular flexibility index (Phi) is 4.90. The Balaban J connectivity index is 2.09. The molecule has 6 nitrogen and oxygen atoms in total. The molecular weight excluding hydrogens is 400 g/mol. The first-order chi connectivity index (χ1) is 12.4. The number of carbonyl (C=O) groups excluding carboxylic acids is 3. The average Bonchev–Trinajstić information content (AvgIpc) is 2.60. The third kappa shape index (κ3) is 3.25. The van der Waals surface area contributed by atoms with Crippen molar-refractivity contribution in [2.75, 3.05) is 12.0 Å². The first-order valence-corrected chi connectivity index (χ1v) is 8.52. The van der Waals surface area contributed by atoms with E-state index in [9.17, 15) is 14.4 Å². The topological polar surface area (TPSA) is 75.7 Å². The van der Waals surface area contributed by atoms with Gasteiger partial charge in [0.2, 0.25) is 0 Å². The minimum atomic E-state index is -0.771. The molecule has 0 aliphatic carbocycles. The fourth-order valence-corrected chi connectivity index (χ4v) is 3.04. The SMILES string of the molecule is COc1ccc(Br)cc1/C=C1\C(=O)NC(=O)N(c2ccccc2C)C1=O. The molecule has 1 aliphatic rings. The fraction of sp³-hybridized carbons (Fsp3) is 0.105. The normalized spacial score (nSPS) is 16.0. The van der Waals surface area contributed by atoms with Gasteiger partial charge in [-0.05, 0) is 42.8 Å². The van der Waals surface area contributed by atoms with E-state index in [1.165, 1.54) is 13.2 Å². The van der Waals surface area contributed by atoms with Gasteiger partial charge >= 0.3 is 6.03 Å². The summed E-state index contributed by atoms with van der Waals surface area (Å²) in [5.41, 5.74) is 1.56. The van der Waals surface area contributed by atoms with E-state index in [0.717, 1.165) is 14.9 Å². The Morgan fingerprint density at radius 1 is 1.12 bits per heavy atom. The first kappa shape index (κ1) is 17.9. The summed E-state index contributed by atoms with van der Waals surface area (Å²) in [6.07, 6.45) is 1.42. The first-order valence-electron chi connectivity index (χ1n) is 7.73. The fourth-order valence-electron chi connectivity index (χ4n) is 2.66. The number of nitrogens with zero attached hydrogens (tertiary/aromatic N) is 1. The Morgan fingerprint density at radius 3 is 2.54 bits per heavy atom. The zero-order valence-electron chi connectivity index (χ0n) is 14.1. The maximum atomic E-state index is 12.9. The summed E-state index contributed by atoms with van der Waals surface area (Å²) >= 11 is 3.35. The van der Waals surface area contributed by atoms with Crippen LogP contribution in [0.25, 0.3) is 6.08 Å². The van der Waals surface area contributed by atoms with Crippen LogP contribution < -0.4 is 15.0 Å². The van der Waals surface area contributed by atoms with Gasteiger partial charge < -0.3 is 4.74 Å². The van der Waals surface area contributed by atoms with Gasteiger partial charge in [0.15, 0.2) is 0 Å². The highest BCUT2D eigenvalue weighted by atomic mass is 79.9. The van der Waals surface area contributed by atoms with Crippen molar-refractivity contribution in [3.05, 3.63) is 63.6 Å². The lowest BCUT2D eigenvalue weighted by Gasteiger charge is -2.27. The summed E-state index contributed by atoms with van der Waals surface area (Å²) < 4.78 is 6.04. The maximum absolute atomic E-state index is 12.9. The third-order valence-corrected chi connectivity index (χ3v) is 4.44. The largest absolute Gasteiger partial charge is 0.496 e. The van der Waals surface area contributed by atoms with E-state index in [2.05, 4.69) is 21.2 Å². The van der Waals surface area contributed by atoms with Crippen molar-refractivity contribution in [1.82, 2.24) is 5.32 Å². The van der Waals surface area contributed by atoms with Crippen LogP contribution in [0.5, 0.6) is 5.75 Å². The van der Waals surface area contributed by atoms with Crippen molar-refractivity contribution in [3.8, 4) is 5.75 Å². The van der Waals surface area contributed by atoms with Crippen LogP contribution in [-0.4, -0.2) is 25.0 Å². The zero-order chi connectivity index (χ0) is 18.8. The molecule has 3 rings (SSSR count). The summed E-state index contributed by atoms with van der Waals surface area (Å²) in [6.45, 7) is 1.78. The number of urea groups is 1. The number of carbonyl (C=O) groups is 3. The molecule has 26 heavy (non-hydrogen) atoms. The van der Waals surface area contributed by atoms with Gasteiger partial charge in [-0.25, -0.2) is 9.69 Å². The number of methoxy groups -OCH3 is 1. The van der Waals surface area contributed by atoms with Crippen LogP contribution in [-0.2, 0) is 9.59 Å². The van der Waals surface area contributed by atoms with Crippen molar-refractivity contribution >= 4 is 45.5 Å². The summed E-state index contributed by atoms with van der Waals surface area (Å²) in [5.74, 6) is -0.928. The summed E-state index contributed by atoms with van der Waals surface area (Å²) in [6, 6.07) is 11.4. The number of barbiturate groups is 1. The van der Waals surface area contributed by atoms with Crippen molar-refractivity contribution in [3.63, 3.8) is 0 Å². The van der Waals surface area contributed by atoms with E-state index in [-0.39, 0.29) is 5.57 Å². The Labute approximate surface area is 158 Å². The molecule has 132 valence electrons. The molecule has 0 bridgehead atoms. The van der Waals surface area contributed by atoms with Crippen LogP contribution in [0, 0.1) is 6.92 Å². The molecule has 1 fully saturated rings. The van der Waals surface area contributed by atoms with Crippen molar-refractivity contribution < 1.29 is 19.1 Å². The molecule has 1 heterocycles. The van der Waals surface area contributed by atoms with Crippen LogP contribution in [0.4, 0.5) is 10.5 Å². The molecule has 1 N–H and O–H groups in total. The second kappa shape index (κ2) is 7.13. The van der Waals surface area contributed by atoms with Crippen LogP contribution in [0.15, 0.2) is 52.5 Å². The molecule has 1 aliphatic heterocycles. The molecule has 0 spiro atoms. The van der Waals surface area contributed by atoms with Crippen molar-refractivity contribution in [1.29, 1.82) is 0 Å². The van der Waals surface area contributed by atoms with Gasteiger partial charge in [0.1, 0.15) is 11.3 Å². The second-order valence-electron chi connectivity index (χ2n) is 5.63. The Bertz CT molecular complexity index is 952. The zero-order valence-corrected chi connectivity index (χ0v) is 15.7. The molecule has 7 heteroatoms. The highest BCUT2D eigenvalue weighted by Crippen LogP contribution is 2.28. The maximum Gasteiger partial charge on any atom is 0.335 e. The quantitative estimate of drug-likeness (QED) is 0.616. The highest BCUT2D eigenvalue weighted by molar-refractivity contribution is 9.10. The van der Waals surface area contributed by atoms with Crippen LogP contribution >= 0.6 is 15.9 Å². The molecule has 0 radical (unpaired) electrons. The van der Waals surface area contributed by atoms with Gasteiger partial charge in [0.05, 0.1) is 12.8 Å². The van der Waals surface area contributed by atoms with Gasteiger partial charge in [-0.1, -0.05) is 34.1 Å². The standard InChI is InChI=1S/C19H15BrN2O4/c1-11-5-3-4-6-15(11)22-18(24)14(17(23)21-19(22)25)10-12-9-13(20)7-8-16(12)26-2/h3-10H,1-2H3,(H,21,23,25)/b14-10+. The Morgan fingerprint density at radius 2 is 1.85 bits per heavy atom. The molecule has 1 saturated heterocycles. The van der Waals surface area contributed by atoms with Gasteiger partial charge in [0.25, 0.3) is 11.8 Å². The monoisotopic (exact) mass is 414 g/mol. The number of ether oxygens (including phenoxy) is 1. The molecular formula is C19H15BrN2O4. The molecule has 2 aromatic rings. The summed E-state index contributed by atoms with van der Waals surface area (Å²) in [7, 11) is 1.50. The number of hydrogen-bond donors (Lipinski definition) is 1. The van der Waals surface area contributed by atoms with Gasteiger partial charge in [-0.3, -0.25) is 14.9 Å². The van der Waals surface area contributed by atoms with Crippen molar-refractivity contribution in [2.45, 2.75) is 6.92 Å². The highest BCUT2D eigenvalue weighted by Gasteiger charge is 2.37. The number of halogens is 1. The predicted octanol–water partition coefficient (Wildman–Crippen LogP) is 3.43. The van der Waals surface area contributed by atoms with E-state index >= 15 is 0 Å². The average molecular weight is 415 g/mol. The predicted molar refractivity (Wildman–Crippen MR) is 101 cm³/mol. The number of rotatable bonds is 3. The number of benzene rings is 2. The lowest BCUT2D eigenvalue weighted by Crippen LogP contribution is -2.54. The molecule has 0 atom stereocenters. The van der Waals surface area contributed by atoms with Gasteiger partial charge in [-0.15, -0.1) is 0 Å². The number of aryl methyl sites for hydroxylation is 1. The van der Waals surface area contributed by atoms with E-state index in [1.54, 1.807) is 49.4 Å². The smallest absolute Gasteiger partial charge is 0.335 e. The molecule has 2 aromatic carbocycles. The van der Waals surface area contributed by atoms with Crippen LogP contribution in [0.3, 0.4) is 0 Å². The van der Waals surface area contributed by atoms with Gasteiger partial charge in [0, 0.05) is 10.0 Å². The van der Waals surface area contributed by atoms with Crippen LogP contribution in [0.1, 0.15) is 11.1 Å².